The molecule has 1 aromatic carbocycles. The number of aliphatic imine (C=N–C) groups is 1. The highest BCUT2D eigenvalue weighted by atomic mass is 16.2. The number of rotatable bonds is 7. The molecule has 0 radical (unpaired) electrons. The zero-order valence-electron chi connectivity index (χ0n) is 16.2. The van der Waals surface area contributed by atoms with Gasteiger partial charge in [-0.1, -0.05) is 37.6 Å². The maximum Gasteiger partial charge on any atom is 0.222 e. The third-order valence-corrected chi connectivity index (χ3v) is 6.05. The van der Waals surface area contributed by atoms with Crippen molar-refractivity contribution in [1.82, 2.24) is 15.5 Å². The molecule has 1 aliphatic heterocycles. The van der Waals surface area contributed by atoms with Gasteiger partial charge in [-0.3, -0.25) is 9.79 Å². The van der Waals surface area contributed by atoms with Gasteiger partial charge in [0.05, 0.1) is 0 Å². The number of likely N-dealkylation sites (tertiary alicyclic amines) is 1. The first-order valence-corrected chi connectivity index (χ1v) is 9.94. The standard InChI is InChI=1S/C21H32N4O/c1-3-21(11-5-12-21)16-24-20(22-2)23-14-17-7-9-18(10-8-17)15-25-13-4-6-19(25)26/h7-10H,3-6,11-16H2,1-2H3,(H2,22,23,24). The molecule has 2 fully saturated rings. The molecule has 0 spiro atoms. The second-order valence-electron chi connectivity index (χ2n) is 7.72. The lowest BCUT2D eigenvalue weighted by atomic mass is 9.67. The van der Waals surface area contributed by atoms with Crippen LogP contribution in [-0.2, 0) is 17.9 Å². The van der Waals surface area contributed by atoms with Gasteiger partial charge in [-0.05, 0) is 42.2 Å². The zero-order chi connectivity index (χ0) is 18.4. The van der Waals surface area contributed by atoms with Crippen LogP contribution < -0.4 is 10.6 Å². The topological polar surface area (TPSA) is 56.7 Å². The van der Waals surface area contributed by atoms with Crippen molar-refractivity contribution in [1.29, 1.82) is 0 Å². The Morgan fingerprint density at radius 3 is 2.42 bits per heavy atom. The lowest BCUT2D eigenvalue weighted by molar-refractivity contribution is -0.128. The van der Waals surface area contributed by atoms with E-state index in [9.17, 15) is 4.79 Å². The molecule has 0 bridgehead atoms. The van der Waals surface area contributed by atoms with Crippen LogP contribution in [0.5, 0.6) is 0 Å². The zero-order valence-corrected chi connectivity index (χ0v) is 16.2. The summed E-state index contributed by atoms with van der Waals surface area (Å²) in [5, 5.41) is 6.90. The van der Waals surface area contributed by atoms with Gasteiger partial charge in [0.25, 0.3) is 0 Å². The Hall–Kier alpha value is -2.04. The first-order valence-electron chi connectivity index (χ1n) is 9.94. The molecule has 1 aliphatic carbocycles. The fourth-order valence-electron chi connectivity index (χ4n) is 3.86. The summed E-state index contributed by atoms with van der Waals surface area (Å²) in [6, 6.07) is 8.52. The summed E-state index contributed by atoms with van der Waals surface area (Å²) >= 11 is 0. The minimum Gasteiger partial charge on any atom is -0.356 e. The van der Waals surface area contributed by atoms with Crippen LogP contribution in [0.2, 0.25) is 0 Å². The molecule has 142 valence electrons. The van der Waals surface area contributed by atoms with Crippen LogP contribution in [0.25, 0.3) is 0 Å². The summed E-state index contributed by atoms with van der Waals surface area (Å²) in [5.74, 6) is 1.15. The van der Waals surface area contributed by atoms with E-state index < -0.39 is 0 Å². The van der Waals surface area contributed by atoms with Gasteiger partial charge in [0.2, 0.25) is 5.91 Å². The quantitative estimate of drug-likeness (QED) is 0.583. The summed E-state index contributed by atoms with van der Waals surface area (Å²) < 4.78 is 0. The Morgan fingerprint density at radius 2 is 1.88 bits per heavy atom. The first-order chi connectivity index (χ1) is 12.6. The molecule has 0 atom stereocenters. The van der Waals surface area contributed by atoms with Crippen LogP contribution in [0.3, 0.4) is 0 Å². The minimum absolute atomic E-state index is 0.280. The van der Waals surface area contributed by atoms with E-state index in [1.54, 1.807) is 0 Å². The number of hydrogen-bond donors (Lipinski definition) is 2. The maximum absolute atomic E-state index is 11.7. The van der Waals surface area contributed by atoms with Crippen molar-refractivity contribution in [2.24, 2.45) is 10.4 Å². The Balaban J connectivity index is 1.45. The molecule has 1 saturated carbocycles. The molecule has 5 heteroatoms. The highest BCUT2D eigenvalue weighted by Gasteiger charge is 2.34. The van der Waals surface area contributed by atoms with Gasteiger partial charge in [0.1, 0.15) is 0 Å². The monoisotopic (exact) mass is 356 g/mol. The third kappa shape index (κ3) is 4.57. The van der Waals surface area contributed by atoms with Crippen molar-refractivity contribution in [3.05, 3.63) is 35.4 Å². The van der Waals surface area contributed by atoms with Crippen LogP contribution in [0.15, 0.2) is 29.3 Å². The number of carbonyl (C=O) groups is 1. The van der Waals surface area contributed by atoms with E-state index in [0.29, 0.717) is 11.8 Å². The molecule has 2 aliphatic rings. The molecule has 26 heavy (non-hydrogen) atoms. The molecule has 1 saturated heterocycles. The number of amides is 1. The number of nitrogens with one attached hydrogen (secondary N) is 2. The van der Waals surface area contributed by atoms with Crippen molar-refractivity contribution in [2.45, 2.75) is 58.5 Å². The highest BCUT2D eigenvalue weighted by molar-refractivity contribution is 5.79. The Kier molecular flexibility index (Phi) is 6.17. The van der Waals surface area contributed by atoms with Gasteiger partial charge in [-0.25, -0.2) is 0 Å². The summed E-state index contributed by atoms with van der Waals surface area (Å²) in [4.78, 5) is 18.0. The predicted octanol–water partition coefficient (Wildman–Crippen LogP) is 3.05. The van der Waals surface area contributed by atoms with Crippen LogP contribution in [0.4, 0.5) is 0 Å². The number of nitrogens with zero attached hydrogens (tertiary/aromatic N) is 2. The van der Waals surface area contributed by atoms with E-state index in [2.05, 4.69) is 46.8 Å². The SMILES string of the molecule is CCC1(CNC(=NC)NCc2ccc(CN3CCCC3=O)cc2)CCC1. The average Bonchev–Trinajstić information content (AvgIpc) is 3.03. The van der Waals surface area contributed by atoms with E-state index >= 15 is 0 Å². The fourth-order valence-corrected chi connectivity index (χ4v) is 3.86. The van der Waals surface area contributed by atoms with Crippen LogP contribution in [0.1, 0.15) is 56.6 Å². The van der Waals surface area contributed by atoms with Crippen molar-refractivity contribution in [2.75, 3.05) is 20.1 Å². The minimum atomic E-state index is 0.280. The van der Waals surface area contributed by atoms with Crippen LogP contribution in [-0.4, -0.2) is 36.9 Å². The number of carbonyl (C=O) groups excluding carboxylic acids is 1. The van der Waals surface area contributed by atoms with Gasteiger partial charge in [-0.2, -0.15) is 0 Å². The molecule has 0 unspecified atom stereocenters. The Labute approximate surface area is 157 Å². The molecule has 1 heterocycles. The normalized spacial score (nSPS) is 19.4. The van der Waals surface area contributed by atoms with E-state index in [1.807, 2.05) is 11.9 Å². The predicted molar refractivity (Wildman–Crippen MR) is 106 cm³/mol. The van der Waals surface area contributed by atoms with Crippen LogP contribution >= 0.6 is 0 Å². The lowest BCUT2D eigenvalue weighted by Crippen LogP contribution is -2.46. The van der Waals surface area contributed by atoms with E-state index in [-0.39, 0.29) is 5.91 Å². The highest BCUT2D eigenvalue weighted by Crippen LogP contribution is 2.42. The number of hydrogen-bond acceptors (Lipinski definition) is 2. The third-order valence-electron chi connectivity index (χ3n) is 6.05. The van der Waals surface area contributed by atoms with E-state index in [4.69, 9.17) is 0 Å². The number of benzene rings is 1. The van der Waals surface area contributed by atoms with E-state index in [0.717, 1.165) is 38.6 Å². The second kappa shape index (κ2) is 8.56. The van der Waals surface area contributed by atoms with E-state index in [1.165, 1.54) is 36.8 Å². The van der Waals surface area contributed by atoms with Gasteiger partial charge in [0.15, 0.2) is 5.96 Å². The molecule has 1 aromatic rings. The van der Waals surface area contributed by atoms with Crippen LogP contribution in [0, 0.1) is 5.41 Å². The Morgan fingerprint density at radius 1 is 1.15 bits per heavy atom. The first kappa shape index (κ1) is 18.7. The largest absolute Gasteiger partial charge is 0.356 e. The van der Waals surface area contributed by atoms with Gasteiger partial charge in [-0.15, -0.1) is 0 Å². The van der Waals surface area contributed by atoms with Gasteiger partial charge < -0.3 is 15.5 Å². The summed E-state index contributed by atoms with van der Waals surface area (Å²) in [6.45, 7) is 5.67. The molecular formula is C21H32N4O. The molecule has 5 nitrogen and oxygen atoms in total. The lowest BCUT2D eigenvalue weighted by Gasteiger charge is -2.41. The fraction of sp³-hybridized carbons (Fsp3) is 0.619. The van der Waals surface area contributed by atoms with Crippen molar-refractivity contribution < 1.29 is 4.79 Å². The molecule has 0 aromatic heterocycles. The van der Waals surface area contributed by atoms with Gasteiger partial charge in [0, 0.05) is 39.6 Å². The smallest absolute Gasteiger partial charge is 0.222 e. The maximum atomic E-state index is 11.7. The van der Waals surface area contributed by atoms with Crippen molar-refractivity contribution in [3.63, 3.8) is 0 Å². The summed E-state index contributed by atoms with van der Waals surface area (Å²) in [7, 11) is 1.82. The molecule has 1 amide bonds. The summed E-state index contributed by atoms with van der Waals surface area (Å²) in [6.07, 6.45) is 6.94. The van der Waals surface area contributed by atoms with Gasteiger partial charge >= 0.3 is 0 Å². The molecule has 3 rings (SSSR count). The molecular weight excluding hydrogens is 324 g/mol. The van der Waals surface area contributed by atoms with Crippen molar-refractivity contribution >= 4 is 11.9 Å². The Bertz CT molecular complexity index is 628. The van der Waals surface area contributed by atoms with Crippen molar-refractivity contribution in [3.8, 4) is 0 Å². The molecule has 2 N–H and O–H groups in total. The second-order valence-corrected chi connectivity index (χ2v) is 7.72. The average molecular weight is 357 g/mol. The number of guanidine groups is 1. The summed E-state index contributed by atoms with van der Waals surface area (Å²) in [5.41, 5.74) is 2.89.